The van der Waals surface area contributed by atoms with Gasteiger partial charge in [0.1, 0.15) is 5.75 Å². The third kappa shape index (κ3) is 4.77. The van der Waals surface area contributed by atoms with Crippen LogP contribution in [0.4, 0.5) is 22.9 Å². The number of ether oxygens (including phenoxy) is 1. The fourth-order valence-electron chi connectivity index (χ4n) is 3.82. The van der Waals surface area contributed by atoms with Gasteiger partial charge in [-0.2, -0.15) is 5.10 Å². The fraction of sp³-hybridized carbons (Fsp3) is 0.304. The van der Waals surface area contributed by atoms with E-state index in [4.69, 9.17) is 4.74 Å². The Morgan fingerprint density at radius 2 is 1.66 bits per heavy atom. The molecule has 0 radical (unpaired) electrons. The molecule has 2 heterocycles. The molecule has 1 aliphatic heterocycles. The van der Waals surface area contributed by atoms with E-state index in [9.17, 15) is 8.42 Å². The number of aromatic nitrogens is 2. The fourth-order valence-corrected chi connectivity index (χ4v) is 5.19. The van der Waals surface area contributed by atoms with Crippen LogP contribution in [-0.2, 0) is 10.0 Å². The lowest BCUT2D eigenvalue weighted by molar-refractivity contribution is 0.411. The first-order chi connectivity index (χ1) is 15.4. The van der Waals surface area contributed by atoms with Crippen molar-refractivity contribution in [3.05, 3.63) is 59.8 Å². The lowest BCUT2D eigenvalue weighted by Crippen LogP contribution is -2.18. The molecule has 0 aliphatic carbocycles. The van der Waals surface area contributed by atoms with Crippen LogP contribution in [0, 0.1) is 13.8 Å². The van der Waals surface area contributed by atoms with Crippen molar-refractivity contribution in [3.63, 3.8) is 0 Å². The van der Waals surface area contributed by atoms with Gasteiger partial charge in [0.15, 0.2) is 5.82 Å². The van der Waals surface area contributed by atoms with E-state index in [1.807, 2.05) is 13.0 Å². The van der Waals surface area contributed by atoms with Gasteiger partial charge in [-0.05, 0) is 74.2 Å². The number of anilines is 4. The third-order valence-corrected chi connectivity index (χ3v) is 7.03. The van der Waals surface area contributed by atoms with Crippen molar-refractivity contribution in [2.24, 2.45) is 0 Å². The molecule has 168 valence electrons. The number of benzene rings is 2. The highest BCUT2D eigenvalue weighted by Crippen LogP contribution is 2.28. The van der Waals surface area contributed by atoms with Crippen molar-refractivity contribution in [1.82, 2.24) is 10.2 Å². The van der Waals surface area contributed by atoms with E-state index >= 15 is 0 Å². The number of nitrogens with zero attached hydrogens (tertiary/aromatic N) is 3. The number of aryl methyl sites for hydroxylation is 2. The van der Waals surface area contributed by atoms with E-state index in [0.29, 0.717) is 22.8 Å². The molecule has 32 heavy (non-hydrogen) atoms. The summed E-state index contributed by atoms with van der Waals surface area (Å²) in [5, 5.41) is 11.5. The molecule has 3 aromatic rings. The standard InChI is InChI=1S/C23H27N5O3S/c1-16-13-22(17(2)12-21(16)31-3)32(29,30)27-19-8-6-18(7-9-19)25-23-14-20(15-24-26-23)28-10-4-5-11-28/h6-9,12-15,27H,4-5,10-11H2,1-3H3,(H,25,26). The van der Waals surface area contributed by atoms with Gasteiger partial charge in [0.2, 0.25) is 0 Å². The predicted molar refractivity (Wildman–Crippen MR) is 126 cm³/mol. The van der Waals surface area contributed by atoms with Crippen molar-refractivity contribution >= 4 is 32.9 Å². The van der Waals surface area contributed by atoms with Crippen LogP contribution >= 0.6 is 0 Å². The van der Waals surface area contributed by atoms with Gasteiger partial charge >= 0.3 is 0 Å². The predicted octanol–water partition coefficient (Wildman–Crippen LogP) is 4.25. The minimum Gasteiger partial charge on any atom is -0.496 e. The second-order valence-electron chi connectivity index (χ2n) is 7.89. The van der Waals surface area contributed by atoms with Crippen LogP contribution in [0.15, 0.2) is 53.6 Å². The zero-order valence-electron chi connectivity index (χ0n) is 18.4. The van der Waals surface area contributed by atoms with Crippen LogP contribution in [-0.4, -0.2) is 38.8 Å². The number of methoxy groups -OCH3 is 1. The summed E-state index contributed by atoms with van der Waals surface area (Å²) in [5.74, 6) is 1.31. The Bertz CT molecular complexity index is 1210. The topological polar surface area (TPSA) is 96.5 Å². The molecule has 0 atom stereocenters. The molecule has 2 aromatic carbocycles. The van der Waals surface area contributed by atoms with Gasteiger partial charge in [0.25, 0.3) is 10.0 Å². The summed E-state index contributed by atoms with van der Waals surface area (Å²) in [5.41, 5.74) is 3.69. The van der Waals surface area contributed by atoms with Gasteiger partial charge < -0.3 is 15.0 Å². The maximum Gasteiger partial charge on any atom is 0.262 e. The van der Waals surface area contributed by atoms with E-state index in [-0.39, 0.29) is 4.90 Å². The van der Waals surface area contributed by atoms with E-state index in [2.05, 4.69) is 25.1 Å². The molecule has 9 heteroatoms. The van der Waals surface area contributed by atoms with Gasteiger partial charge in [-0.15, -0.1) is 5.10 Å². The number of hydrogen-bond acceptors (Lipinski definition) is 7. The summed E-state index contributed by atoms with van der Waals surface area (Å²) in [6.45, 7) is 5.64. The lowest BCUT2D eigenvalue weighted by atomic mass is 10.1. The Labute approximate surface area is 188 Å². The summed E-state index contributed by atoms with van der Waals surface area (Å²) in [6, 6.07) is 12.4. The number of rotatable bonds is 7. The molecule has 1 saturated heterocycles. The summed E-state index contributed by atoms with van der Waals surface area (Å²) in [4.78, 5) is 2.52. The summed E-state index contributed by atoms with van der Waals surface area (Å²) >= 11 is 0. The molecule has 0 saturated carbocycles. The smallest absolute Gasteiger partial charge is 0.262 e. The van der Waals surface area contributed by atoms with Gasteiger partial charge in [-0.25, -0.2) is 8.42 Å². The molecule has 1 fully saturated rings. The molecule has 0 spiro atoms. The average Bonchev–Trinajstić information content (AvgIpc) is 3.31. The van der Waals surface area contributed by atoms with Crippen LogP contribution in [0.5, 0.6) is 5.75 Å². The second-order valence-corrected chi connectivity index (χ2v) is 9.54. The third-order valence-electron chi connectivity index (χ3n) is 5.50. The van der Waals surface area contributed by atoms with E-state index in [1.54, 1.807) is 56.6 Å². The molecule has 8 nitrogen and oxygen atoms in total. The van der Waals surface area contributed by atoms with Crippen molar-refractivity contribution in [1.29, 1.82) is 0 Å². The van der Waals surface area contributed by atoms with Crippen molar-refractivity contribution < 1.29 is 13.2 Å². The molecule has 0 bridgehead atoms. The van der Waals surface area contributed by atoms with Gasteiger partial charge in [-0.3, -0.25) is 4.72 Å². The first kappa shape index (κ1) is 21.9. The van der Waals surface area contributed by atoms with Crippen molar-refractivity contribution in [2.75, 3.05) is 35.1 Å². The Morgan fingerprint density at radius 3 is 2.34 bits per heavy atom. The highest BCUT2D eigenvalue weighted by Gasteiger charge is 2.19. The second kappa shape index (κ2) is 9.04. The van der Waals surface area contributed by atoms with E-state index < -0.39 is 10.0 Å². The van der Waals surface area contributed by atoms with E-state index in [1.165, 1.54) is 12.8 Å². The minimum atomic E-state index is -3.73. The average molecular weight is 454 g/mol. The highest BCUT2D eigenvalue weighted by atomic mass is 32.2. The monoisotopic (exact) mass is 453 g/mol. The largest absolute Gasteiger partial charge is 0.496 e. The molecule has 4 rings (SSSR count). The zero-order valence-corrected chi connectivity index (χ0v) is 19.2. The Kier molecular flexibility index (Phi) is 6.18. The van der Waals surface area contributed by atoms with Gasteiger partial charge in [0, 0.05) is 30.5 Å². The number of sulfonamides is 1. The zero-order chi connectivity index (χ0) is 22.7. The lowest BCUT2D eigenvalue weighted by Gasteiger charge is -2.17. The molecular formula is C23H27N5O3S. The Balaban J connectivity index is 1.47. The van der Waals surface area contributed by atoms with Crippen molar-refractivity contribution in [2.45, 2.75) is 31.6 Å². The molecule has 1 aliphatic rings. The van der Waals surface area contributed by atoms with Crippen molar-refractivity contribution in [3.8, 4) is 5.75 Å². The SMILES string of the molecule is COc1cc(C)c(S(=O)(=O)Nc2ccc(Nc3cc(N4CCCC4)cnn3)cc2)cc1C. The van der Waals surface area contributed by atoms with Crippen LogP contribution in [0.3, 0.4) is 0 Å². The molecule has 2 N–H and O–H groups in total. The highest BCUT2D eigenvalue weighted by molar-refractivity contribution is 7.92. The van der Waals surface area contributed by atoms with Crippen LogP contribution in [0.2, 0.25) is 0 Å². The van der Waals surface area contributed by atoms with Gasteiger partial charge in [0.05, 0.1) is 23.9 Å². The maximum atomic E-state index is 12.9. The van der Waals surface area contributed by atoms with Crippen LogP contribution < -0.4 is 19.7 Å². The summed E-state index contributed by atoms with van der Waals surface area (Å²) in [7, 11) is -2.16. The summed E-state index contributed by atoms with van der Waals surface area (Å²) in [6.07, 6.45) is 4.16. The first-order valence-electron chi connectivity index (χ1n) is 10.5. The van der Waals surface area contributed by atoms with E-state index in [0.717, 1.165) is 30.0 Å². The Hall–Kier alpha value is -3.33. The summed E-state index contributed by atoms with van der Waals surface area (Å²) < 4.78 is 33.8. The number of hydrogen-bond donors (Lipinski definition) is 2. The number of nitrogens with one attached hydrogen (secondary N) is 2. The normalized spacial score (nSPS) is 13.8. The van der Waals surface area contributed by atoms with Gasteiger partial charge in [-0.1, -0.05) is 0 Å². The first-order valence-corrected chi connectivity index (χ1v) is 12.0. The van der Waals surface area contributed by atoms with Crippen LogP contribution in [0.1, 0.15) is 24.0 Å². The molecular weight excluding hydrogens is 426 g/mol. The Morgan fingerprint density at radius 1 is 0.969 bits per heavy atom. The quantitative estimate of drug-likeness (QED) is 0.552. The van der Waals surface area contributed by atoms with Crippen LogP contribution in [0.25, 0.3) is 0 Å². The molecule has 1 aromatic heterocycles. The molecule has 0 unspecified atom stereocenters. The molecule has 0 amide bonds. The minimum absolute atomic E-state index is 0.229. The maximum absolute atomic E-state index is 12.9.